The summed E-state index contributed by atoms with van der Waals surface area (Å²) >= 11 is 0. The lowest BCUT2D eigenvalue weighted by molar-refractivity contribution is 0.0668. The van der Waals surface area contributed by atoms with E-state index in [1.807, 2.05) is 12.4 Å². The van der Waals surface area contributed by atoms with Gasteiger partial charge in [-0.3, -0.25) is 0 Å². The Hall–Kier alpha value is -1.07. The van der Waals surface area contributed by atoms with Crippen LogP contribution in [-0.2, 0) is 16.0 Å². The summed E-state index contributed by atoms with van der Waals surface area (Å²) in [6.07, 6.45) is 6.32. The zero-order valence-corrected chi connectivity index (χ0v) is 9.69. The van der Waals surface area contributed by atoms with Gasteiger partial charge in [0.05, 0.1) is 19.8 Å². The summed E-state index contributed by atoms with van der Waals surface area (Å²) in [6.45, 7) is 2.82. The van der Waals surface area contributed by atoms with Crippen molar-refractivity contribution < 1.29 is 9.47 Å². The molecule has 0 aliphatic heterocycles. The molecule has 2 rings (SSSR count). The summed E-state index contributed by atoms with van der Waals surface area (Å²) in [4.78, 5) is 4.28. The lowest BCUT2D eigenvalue weighted by Crippen LogP contribution is -2.13. The molecule has 0 radical (unpaired) electrons. The molecular formula is C11H19N3O2. The molecule has 1 fully saturated rings. The van der Waals surface area contributed by atoms with Crippen LogP contribution in [0.5, 0.6) is 0 Å². The second kappa shape index (κ2) is 5.86. The number of anilines is 1. The van der Waals surface area contributed by atoms with Crippen LogP contribution in [0.2, 0.25) is 0 Å². The van der Waals surface area contributed by atoms with Gasteiger partial charge in [-0.05, 0) is 12.8 Å². The van der Waals surface area contributed by atoms with Gasteiger partial charge in [0, 0.05) is 32.1 Å². The summed E-state index contributed by atoms with van der Waals surface area (Å²) < 4.78 is 12.4. The van der Waals surface area contributed by atoms with E-state index in [0.717, 1.165) is 12.5 Å². The maximum Gasteiger partial charge on any atom is 0.203 e. The molecule has 5 nitrogen and oxygen atoms in total. The predicted octanol–water partition coefficient (Wildman–Crippen LogP) is 1.12. The van der Waals surface area contributed by atoms with Gasteiger partial charge >= 0.3 is 0 Å². The van der Waals surface area contributed by atoms with Crippen LogP contribution in [-0.4, -0.2) is 42.5 Å². The number of nitrogens with zero attached hydrogens (tertiary/aromatic N) is 2. The maximum atomic E-state index is 5.42. The Morgan fingerprint density at radius 3 is 3.06 bits per heavy atom. The zero-order valence-electron chi connectivity index (χ0n) is 9.69. The van der Waals surface area contributed by atoms with Crippen molar-refractivity contribution >= 4 is 5.95 Å². The Labute approximate surface area is 95.8 Å². The molecule has 16 heavy (non-hydrogen) atoms. The lowest BCUT2D eigenvalue weighted by atomic mass is 10.6. The van der Waals surface area contributed by atoms with Crippen LogP contribution in [0.1, 0.15) is 12.8 Å². The second-order valence-electron chi connectivity index (χ2n) is 3.97. The molecule has 0 spiro atoms. The van der Waals surface area contributed by atoms with Crippen molar-refractivity contribution in [1.82, 2.24) is 9.55 Å². The number of hydrogen-bond acceptors (Lipinski definition) is 4. The molecule has 90 valence electrons. The standard InChI is InChI=1S/C11H19N3O2/c1-15-8-9-16-7-6-14-5-4-12-11(14)13-10-2-3-10/h4-5,10H,2-3,6-9H2,1H3,(H,12,13). The SMILES string of the molecule is COCCOCCn1ccnc1NC1CC1. The second-order valence-corrected chi connectivity index (χ2v) is 3.97. The van der Waals surface area contributed by atoms with Gasteiger partial charge in [-0.25, -0.2) is 4.98 Å². The lowest BCUT2D eigenvalue weighted by Gasteiger charge is -2.09. The quantitative estimate of drug-likeness (QED) is 0.674. The Morgan fingerprint density at radius 1 is 1.44 bits per heavy atom. The topological polar surface area (TPSA) is 48.3 Å². The first-order valence-electron chi connectivity index (χ1n) is 5.74. The smallest absolute Gasteiger partial charge is 0.203 e. The molecular weight excluding hydrogens is 206 g/mol. The fourth-order valence-electron chi connectivity index (χ4n) is 1.45. The molecule has 0 amide bonds. The molecule has 1 saturated carbocycles. The summed E-state index contributed by atoms with van der Waals surface area (Å²) in [5.41, 5.74) is 0. The van der Waals surface area contributed by atoms with Crippen molar-refractivity contribution in [2.24, 2.45) is 0 Å². The largest absolute Gasteiger partial charge is 0.382 e. The van der Waals surface area contributed by atoms with Crippen LogP contribution in [0.4, 0.5) is 5.95 Å². The average molecular weight is 225 g/mol. The summed E-state index contributed by atoms with van der Waals surface area (Å²) in [7, 11) is 1.68. The van der Waals surface area contributed by atoms with Crippen molar-refractivity contribution in [3.63, 3.8) is 0 Å². The molecule has 0 unspecified atom stereocenters. The van der Waals surface area contributed by atoms with Crippen LogP contribution in [0.25, 0.3) is 0 Å². The minimum atomic E-state index is 0.635. The average Bonchev–Trinajstić information content (AvgIpc) is 2.99. The summed E-state index contributed by atoms with van der Waals surface area (Å²) in [6, 6.07) is 0.635. The van der Waals surface area contributed by atoms with Crippen LogP contribution < -0.4 is 5.32 Å². The maximum absolute atomic E-state index is 5.42. The molecule has 1 heterocycles. The van der Waals surface area contributed by atoms with Gasteiger partial charge < -0.3 is 19.4 Å². The molecule has 0 saturated heterocycles. The number of aromatic nitrogens is 2. The van der Waals surface area contributed by atoms with Crippen molar-refractivity contribution in [2.75, 3.05) is 32.2 Å². The van der Waals surface area contributed by atoms with E-state index in [9.17, 15) is 0 Å². The van der Waals surface area contributed by atoms with E-state index in [1.165, 1.54) is 12.8 Å². The fourth-order valence-corrected chi connectivity index (χ4v) is 1.45. The number of imidazole rings is 1. The van der Waals surface area contributed by atoms with E-state index in [2.05, 4.69) is 14.9 Å². The van der Waals surface area contributed by atoms with Crippen molar-refractivity contribution in [3.8, 4) is 0 Å². The number of ether oxygens (including phenoxy) is 2. The Balaban J connectivity index is 1.68. The van der Waals surface area contributed by atoms with Gasteiger partial charge in [0.1, 0.15) is 0 Å². The Morgan fingerprint density at radius 2 is 2.31 bits per heavy atom. The first-order valence-corrected chi connectivity index (χ1v) is 5.74. The van der Waals surface area contributed by atoms with Crippen LogP contribution in [0.15, 0.2) is 12.4 Å². The number of methoxy groups -OCH3 is 1. The number of rotatable bonds is 8. The predicted molar refractivity (Wildman–Crippen MR) is 61.6 cm³/mol. The van der Waals surface area contributed by atoms with Gasteiger partial charge in [0.25, 0.3) is 0 Å². The third-order valence-corrected chi connectivity index (χ3v) is 2.53. The van der Waals surface area contributed by atoms with Crippen molar-refractivity contribution in [2.45, 2.75) is 25.4 Å². The van der Waals surface area contributed by atoms with E-state index in [-0.39, 0.29) is 0 Å². The normalized spacial score (nSPS) is 15.3. The first-order chi connectivity index (χ1) is 7.90. The van der Waals surface area contributed by atoms with Gasteiger partial charge in [-0.15, -0.1) is 0 Å². The van der Waals surface area contributed by atoms with E-state index >= 15 is 0 Å². The molecule has 1 N–H and O–H groups in total. The van der Waals surface area contributed by atoms with Gasteiger partial charge in [-0.1, -0.05) is 0 Å². The van der Waals surface area contributed by atoms with E-state index < -0.39 is 0 Å². The fraction of sp³-hybridized carbons (Fsp3) is 0.727. The molecule has 0 bridgehead atoms. The molecule has 5 heteroatoms. The van der Waals surface area contributed by atoms with Crippen LogP contribution >= 0.6 is 0 Å². The van der Waals surface area contributed by atoms with E-state index in [4.69, 9.17) is 9.47 Å². The van der Waals surface area contributed by atoms with Crippen molar-refractivity contribution in [3.05, 3.63) is 12.4 Å². The van der Waals surface area contributed by atoms with E-state index in [0.29, 0.717) is 25.9 Å². The highest BCUT2D eigenvalue weighted by molar-refractivity contribution is 5.29. The molecule has 1 aromatic rings. The minimum Gasteiger partial charge on any atom is -0.382 e. The van der Waals surface area contributed by atoms with Crippen LogP contribution in [0, 0.1) is 0 Å². The van der Waals surface area contributed by atoms with Gasteiger partial charge in [0.15, 0.2) is 0 Å². The first kappa shape index (κ1) is 11.4. The minimum absolute atomic E-state index is 0.635. The Kier molecular flexibility index (Phi) is 4.18. The monoisotopic (exact) mass is 225 g/mol. The molecule has 0 aromatic carbocycles. The number of hydrogen-bond donors (Lipinski definition) is 1. The highest BCUT2D eigenvalue weighted by Crippen LogP contribution is 2.23. The van der Waals surface area contributed by atoms with Gasteiger partial charge in [0.2, 0.25) is 5.95 Å². The van der Waals surface area contributed by atoms with Gasteiger partial charge in [-0.2, -0.15) is 0 Å². The third kappa shape index (κ3) is 3.50. The Bertz CT molecular complexity index is 310. The van der Waals surface area contributed by atoms with E-state index in [1.54, 1.807) is 7.11 Å². The molecule has 0 atom stereocenters. The number of nitrogens with one attached hydrogen (secondary N) is 1. The summed E-state index contributed by atoms with van der Waals surface area (Å²) in [5.74, 6) is 0.956. The van der Waals surface area contributed by atoms with Crippen LogP contribution in [0.3, 0.4) is 0 Å². The molecule has 1 aliphatic rings. The highest BCUT2D eigenvalue weighted by Gasteiger charge is 2.22. The molecule has 1 aromatic heterocycles. The highest BCUT2D eigenvalue weighted by atomic mass is 16.5. The zero-order chi connectivity index (χ0) is 11.2. The summed E-state index contributed by atoms with van der Waals surface area (Å²) in [5, 5.41) is 3.39. The molecule has 1 aliphatic carbocycles. The third-order valence-electron chi connectivity index (χ3n) is 2.53. The van der Waals surface area contributed by atoms with Crippen molar-refractivity contribution in [1.29, 1.82) is 0 Å².